The summed E-state index contributed by atoms with van der Waals surface area (Å²) in [6, 6.07) is 10.4. The number of phenols is 1. The van der Waals surface area contributed by atoms with E-state index in [9.17, 15) is 13.9 Å². The molecular weight excluding hydrogens is 529 g/mol. The van der Waals surface area contributed by atoms with Gasteiger partial charge in [-0.2, -0.15) is 9.97 Å². The number of benzene rings is 2. The van der Waals surface area contributed by atoms with Crippen LogP contribution in [0.4, 0.5) is 19.0 Å². The Balaban J connectivity index is 1.36. The van der Waals surface area contributed by atoms with Crippen LogP contribution in [0.1, 0.15) is 51.9 Å². The first-order valence-corrected chi connectivity index (χ1v) is 14.5. The van der Waals surface area contributed by atoms with Gasteiger partial charge in [-0.1, -0.05) is 37.1 Å². The molecule has 1 aliphatic heterocycles. The maximum atomic E-state index is 16.5. The lowest BCUT2D eigenvalue weighted by Gasteiger charge is -2.35. The van der Waals surface area contributed by atoms with E-state index in [0.717, 1.165) is 43.6 Å². The first-order valence-electron chi connectivity index (χ1n) is 14.5. The van der Waals surface area contributed by atoms with Crippen molar-refractivity contribution in [3.05, 3.63) is 48.4 Å². The second-order valence-corrected chi connectivity index (χ2v) is 12.3. The van der Waals surface area contributed by atoms with Crippen LogP contribution < -0.4 is 9.64 Å². The molecule has 4 aromatic rings. The summed E-state index contributed by atoms with van der Waals surface area (Å²) in [5.74, 6) is -1.97. The number of aromatic nitrogens is 3. The number of nitrogens with zero attached hydrogens (tertiary/aromatic N) is 4. The second-order valence-electron chi connectivity index (χ2n) is 12.3. The molecular formula is C32H33F3N4O2. The number of pyridine rings is 1. The molecule has 2 aromatic carbocycles. The normalized spacial score (nSPS) is 22.1. The molecule has 0 amide bonds. The summed E-state index contributed by atoms with van der Waals surface area (Å²) in [4.78, 5) is 15.9. The first-order chi connectivity index (χ1) is 19.7. The minimum atomic E-state index is -2.92. The maximum Gasteiger partial charge on any atom is 0.319 e. The quantitative estimate of drug-likeness (QED) is 0.262. The third kappa shape index (κ3) is 4.53. The van der Waals surface area contributed by atoms with Crippen LogP contribution in [-0.4, -0.2) is 45.7 Å². The SMILES string of the molecule is CC(F)(F)C1(COc2nc(N3CC4CCC(C4)C3)c3cnc(-c4cc(O)cc5ccccc45)c(F)c3n2)CCCC1. The van der Waals surface area contributed by atoms with Crippen molar-refractivity contribution in [3.8, 4) is 23.0 Å². The standard InChI is InChI=1S/C32H33F3N4O2/c1-31(34,35)32(10-4-5-11-32)18-41-30-37-28-25(29(38-30)39-16-19-8-9-20(12-19)17-39)15-36-27(26(28)33)24-14-22(40)13-21-6-2-3-7-23(21)24/h2-3,6-7,13-15,19-20,40H,4-5,8-12,16-18H2,1H3. The Kier molecular flexibility index (Phi) is 6.24. The second kappa shape index (κ2) is 9.74. The lowest BCUT2D eigenvalue weighted by Crippen LogP contribution is -2.42. The van der Waals surface area contributed by atoms with Crippen LogP contribution >= 0.6 is 0 Å². The number of fused-ring (bicyclic) bond motifs is 4. The molecule has 0 radical (unpaired) electrons. The van der Waals surface area contributed by atoms with E-state index in [2.05, 4.69) is 14.9 Å². The monoisotopic (exact) mass is 562 g/mol. The van der Waals surface area contributed by atoms with Crippen molar-refractivity contribution in [3.63, 3.8) is 0 Å². The summed E-state index contributed by atoms with van der Waals surface area (Å²) in [6.07, 6.45) is 7.23. The van der Waals surface area contributed by atoms with Crippen LogP contribution in [-0.2, 0) is 0 Å². The Hall–Kier alpha value is -3.62. The van der Waals surface area contributed by atoms with Crippen LogP contribution in [0.2, 0.25) is 0 Å². The van der Waals surface area contributed by atoms with Crippen LogP contribution in [0.5, 0.6) is 11.8 Å². The van der Waals surface area contributed by atoms with Gasteiger partial charge in [0.05, 0.1) is 10.8 Å². The molecule has 2 bridgehead atoms. The fourth-order valence-electron chi connectivity index (χ4n) is 7.35. The molecule has 2 aliphatic carbocycles. The van der Waals surface area contributed by atoms with Gasteiger partial charge in [-0.3, -0.25) is 4.98 Å². The predicted octanol–water partition coefficient (Wildman–Crippen LogP) is 7.52. The molecule has 3 heterocycles. The Morgan fingerprint density at radius 3 is 2.51 bits per heavy atom. The van der Waals surface area contributed by atoms with Crippen LogP contribution in [0.15, 0.2) is 42.6 Å². The third-order valence-electron chi connectivity index (χ3n) is 9.62. The average Bonchev–Trinajstić information content (AvgIpc) is 3.58. The van der Waals surface area contributed by atoms with Gasteiger partial charge in [0, 0.05) is 31.8 Å². The number of ether oxygens (including phenoxy) is 1. The van der Waals surface area contributed by atoms with E-state index in [1.807, 2.05) is 24.3 Å². The zero-order valence-corrected chi connectivity index (χ0v) is 23.0. The molecule has 2 unspecified atom stereocenters. The molecule has 7 rings (SSSR count). The molecule has 3 fully saturated rings. The molecule has 6 nitrogen and oxygen atoms in total. The van der Waals surface area contributed by atoms with Gasteiger partial charge in [-0.05, 0) is 66.8 Å². The van der Waals surface area contributed by atoms with Crippen molar-refractivity contribution in [1.29, 1.82) is 0 Å². The van der Waals surface area contributed by atoms with Gasteiger partial charge in [0.2, 0.25) is 0 Å². The van der Waals surface area contributed by atoms with Crippen molar-refractivity contribution in [2.24, 2.45) is 17.3 Å². The predicted molar refractivity (Wildman–Crippen MR) is 152 cm³/mol. The summed E-state index contributed by atoms with van der Waals surface area (Å²) >= 11 is 0. The van der Waals surface area contributed by atoms with E-state index in [1.165, 1.54) is 12.5 Å². The molecule has 214 valence electrons. The van der Waals surface area contributed by atoms with E-state index in [-0.39, 0.29) is 29.6 Å². The Labute approximate surface area is 236 Å². The highest BCUT2D eigenvalue weighted by Gasteiger charge is 2.52. The first kappa shape index (κ1) is 26.3. The number of aromatic hydroxyl groups is 1. The summed E-state index contributed by atoms with van der Waals surface area (Å²) in [7, 11) is 0. The fourth-order valence-corrected chi connectivity index (χ4v) is 7.35. The summed E-state index contributed by atoms with van der Waals surface area (Å²) in [6.45, 7) is 2.30. The largest absolute Gasteiger partial charge is 0.508 e. The summed E-state index contributed by atoms with van der Waals surface area (Å²) in [5.41, 5.74) is -0.775. The molecule has 0 spiro atoms. The third-order valence-corrected chi connectivity index (χ3v) is 9.62. The van der Waals surface area contributed by atoms with E-state index in [1.54, 1.807) is 12.3 Å². The van der Waals surface area contributed by atoms with Crippen molar-refractivity contribution in [2.75, 3.05) is 24.6 Å². The van der Waals surface area contributed by atoms with Crippen molar-refractivity contribution in [1.82, 2.24) is 15.0 Å². The highest BCUT2D eigenvalue weighted by atomic mass is 19.3. The van der Waals surface area contributed by atoms with Crippen molar-refractivity contribution in [2.45, 2.75) is 57.8 Å². The van der Waals surface area contributed by atoms with Gasteiger partial charge in [0.25, 0.3) is 5.92 Å². The molecule has 41 heavy (non-hydrogen) atoms. The van der Waals surface area contributed by atoms with E-state index < -0.39 is 17.2 Å². The number of hydrogen-bond donors (Lipinski definition) is 1. The molecule has 1 saturated heterocycles. The van der Waals surface area contributed by atoms with Gasteiger partial charge in [-0.25, -0.2) is 13.2 Å². The Morgan fingerprint density at radius 1 is 1.05 bits per heavy atom. The van der Waals surface area contributed by atoms with Gasteiger partial charge in [-0.15, -0.1) is 0 Å². The minimum absolute atomic E-state index is 0.00135. The molecule has 2 aromatic heterocycles. The zero-order chi connectivity index (χ0) is 28.4. The van der Waals surface area contributed by atoms with Crippen LogP contribution in [0, 0.1) is 23.1 Å². The van der Waals surface area contributed by atoms with Gasteiger partial charge < -0.3 is 14.7 Å². The minimum Gasteiger partial charge on any atom is -0.508 e. The number of anilines is 1. The Morgan fingerprint density at radius 2 is 1.78 bits per heavy atom. The number of alkyl halides is 2. The summed E-state index contributed by atoms with van der Waals surface area (Å²) in [5, 5.41) is 12.3. The fraction of sp³-hybridized carbons (Fsp3) is 0.469. The number of halogens is 3. The maximum absolute atomic E-state index is 16.5. The lowest BCUT2D eigenvalue weighted by molar-refractivity contribution is -0.122. The Bertz CT molecular complexity index is 1620. The van der Waals surface area contributed by atoms with Gasteiger partial charge in [0.15, 0.2) is 5.82 Å². The van der Waals surface area contributed by atoms with E-state index in [0.29, 0.717) is 54.3 Å². The smallest absolute Gasteiger partial charge is 0.319 e. The molecule has 2 saturated carbocycles. The number of piperidine rings is 1. The molecule has 9 heteroatoms. The van der Waals surface area contributed by atoms with Crippen LogP contribution in [0.3, 0.4) is 0 Å². The topological polar surface area (TPSA) is 71.4 Å². The van der Waals surface area contributed by atoms with Gasteiger partial charge >= 0.3 is 6.01 Å². The number of hydrogen-bond acceptors (Lipinski definition) is 6. The zero-order valence-electron chi connectivity index (χ0n) is 23.0. The average molecular weight is 563 g/mol. The number of phenolic OH excluding ortho intramolecular Hbond substituents is 1. The van der Waals surface area contributed by atoms with Crippen molar-refractivity contribution < 1.29 is 23.0 Å². The highest BCUT2D eigenvalue weighted by Crippen LogP contribution is 2.50. The molecule has 1 N–H and O–H groups in total. The lowest BCUT2D eigenvalue weighted by atomic mass is 9.81. The number of rotatable bonds is 6. The van der Waals surface area contributed by atoms with E-state index in [4.69, 9.17) is 9.72 Å². The molecule has 2 atom stereocenters. The van der Waals surface area contributed by atoms with Crippen molar-refractivity contribution >= 4 is 27.5 Å². The van der Waals surface area contributed by atoms with Gasteiger partial charge in [0.1, 0.15) is 29.4 Å². The van der Waals surface area contributed by atoms with E-state index >= 15 is 4.39 Å². The highest BCUT2D eigenvalue weighted by molar-refractivity contribution is 5.99. The molecule has 3 aliphatic rings. The summed E-state index contributed by atoms with van der Waals surface area (Å²) < 4.78 is 51.9. The van der Waals surface area contributed by atoms with Crippen LogP contribution in [0.25, 0.3) is 32.9 Å².